The van der Waals surface area contributed by atoms with Gasteiger partial charge in [-0.15, -0.1) is 0 Å². The van der Waals surface area contributed by atoms with Crippen LogP contribution in [0, 0.1) is 6.92 Å². The molecule has 2 aromatic carbocycles. The number of carbonyl (C=O) groups excluding carboxylic acids is 1. The van der Waals surface area contributed by atoms with E-state index >= 15 is 0 Å². The number of nitrogens with one attached hydrogen (secondary N) is 1. The molecule has 162 valence electrons. The predicted octanol–water partition coefficient (Wildman–Crippen LogP) is 3.59. The standard InChI is InChI=1S/C22H28N2O5S/c1-3-28-20-11-10-18(15-21(20)30(26,27)24-12-5-4-6-13-24)23-22(25)16-29-19-9-7-8-17(2)14-19/h7-11,14-15H,3-6,12-13,16H2,1-2H3,(H,23,25). The first-order chi connectivity index (χ1) is 14.4. The van der Waals surface area contributed by atoms with Crippen LogP contribution in [0.1, 0.15) is 31.7 Å². The van der Waals surface area contributed by atoms with Crippen molar-refractivity contribution in [2.75, 3.05) is 31.6 Å². The van der Waals surface area contributed by atoms with Crippen molar-refractivity contribution in [3.8, 4) is 11.5 Å². The molecule has 0 aromatic heterocycles. The van der Waals surface area contributed by atoms with Crippen LogP contribution in [-0.2, 0) is 14.8 Å². The Balaban J connectivity index is 1.75. The summed E-state index contributed by atoms with van der Waals surface area (Å²) in [6.45, 7) is 4.90. The number of rotatable bonds is 8. The minimum atomic E-state index is -3.71. The van der Waals surface area contributed by atoms with Crippen molar-refractivity contribution in [1.82, 2.24) is 4.31 Å². The van der Waals surface area contributed by atoms with Gasteiger partial charge < -0.3 is 14.8 Å². The van der Waals surface area contributed by atoms with E-state index in [-0.39, 0.29) is 23.2 Å². The third-order valence-electron chi connectivity index (χ3n) is 4.82. The Morgan fingerprint density at radius 2 is 1.83 bits per heavy atom. The van der Waals surface area contributed by atoms with E-state index in [2.05, 4.69) is 5.32 Å². The summed E-state index contributed by atoms with van der Waals surface area (Å²) in [7, 11) is -3.71. The Hall–Kier alpha value is -2.58. The van der Waals surface area contributed by atoms with E-state index in [4.69, 9.17) is 9.47 Å². The lowest BCUT2D eigenvalue weighted by Crippen LogP contribution is -2.35. The predicted molar refractivity (Wildman–Crippen MR) is 116 cm³/mol. The summed E-state index contributed by atoms with van der Waals surface area (Å²) in [5.74, 6) is 0.518. The molecule has 0 saturated carbocycles. The van der Waals surface area contributed by atoms with Gasteiger partial charge in [0.15, 0.2) is 6.61 Å². The van der Waals surface area contributed by atoms with Crippen molar-refractivity contribution in [2.45, 2.75) is 38.0 Å². The summed E-state index contributed by atoms with van der Waals surface area (Å²) in [5, 5.41) is 2.71. The lowest BCUT2D eigenvalue weighted by atomic mass is 10.2. The molecule has 1 N–H and O–H groups in total. The molecule has 7 nitrogen and oxygen atoms in total. The summed E-state index contributed by atoms with van der Waals surface area (Å²) in [5.41, 5.74) is 1.42. The summed E-state index contributed by atoms with van der Waals surface area (Å²) in [6.07, 6.45) is 2.72. The summed E-state index contributed by atoms with van der Waals surface area (Å²) in [6, 6.07) is 12.1. The zero-order valence-electron chi connectivity index (χ0n) is 17.4. The molecule has 1 aliphatic heterocycles. The lowest BCUT2D eigenvalue weighted by Gasteiger charge is -2.27. The van der Waals surface area contributed by atoms with Crippen LogP contribution < -0.4 is 14.8 Å². The maximum atomic E-state index is 13.2. The molecule has 2 aromatic rings. The van der Waals surface area contributed by atoms with Crippen LogP contribution >= 0.6 is 0 Å². The maximum Gasteiger partial charge on any atom is 0.262 e. The number of benzene rings is 2. The highest BCUT2D eigenvalue weighted by atomic mass is 32.2. The first kappa shape index (κ1) is 22.1. The molecule has 1 saturated heterocycles. The normalized spacial score (nSPS) is 14.9. The Morgan fingerprint density at radius 1 is 1.07 bits per heavy atom. The lowest BCUT2D eigenvalue weighted by molar-refractivity contribution is -0.118. The number of anilines is 1. The fourth-order valence-electron chi connectivity index (χ4n) is 3.36. The molecule has 1 amide bonds. The monoisotopic (exact) mass is 432 g/mol. The van der Waals surface area contributed by atoms with Crippen molar-refractivity contribution >= 4 is 21.6 Å². The molecule has 8 heteroatoms. The van der Waals surface area contributed by atoms with Gasteiger partial charge >= 0.3 is 0 Å². The van der Waals surface area contributed by atoms with E-state index in [1.165, 1.54) is 10.4 Å². The van der Waals surface area contributed by atoms with Crippen molar-refractivity contribution < 1.29 is 22.7 Å². The van der Waals surface area contributed by atoms with Crippen LogP contribution in [0.4, 0.5) is 5.69 Å². The third-order valence-corrected chi connectivity index (χ3v) is 6.74. The summed E-state index contributed by atoms with van der Waals surface area (Å²) >= 11 is 0. The van der Waals surface area contributed by atoms with Crippen molar-refractivity contribution in [2.24, 2.45) is 0 Å². The molecule has 1 fully saturated rings. The van der Waals surface area contributed by atoms with Gasteiger partial charge in [0.2, 0.25) is 10.0 Å². The number of carbonyl (C=O) groups is 1. The average molecular weight is 433 g/mol. The summed E-state index contributed by atoms with van der Waals surface area (Å²) < 4.78 is 38.9. The van der Waals surface area contributed by atoms with Gasteiger partial charge in [0.1, 0.15) is 16.4 Å². The van der Waals surface area contributed by atoms with Crippen molar-refractivity contribution in [3.63, 3.8) is 0 Å². The molecule has 0 atom stereocenters. The van der Waals surface area contributed by atoms with E-state index in [0.29, 0.717) is 31.1 Å². The van der Waals surface area contributed by atoms with E-state index in [1.807, 2.05) is 25.1 Å². The second-order valence-electron chi connectivity index (χ2n) is 7.21. The average Bonchev–Trinajstić information content (AvgIpc) is 2.74. The highest BCUT2D eigenvalue weighted by Crippen LogP contribution is 2.31. The van der Waals surface area contributed by atoms with Gasteiger partial charge in [0.25, 0.3) is 5.91 Å². The fraction of sp³-hybridized carbons (Fsp3) is 0.409. The van der Waals surface area contributed by atoms with E-state index < -0.39 is 10.0 Å². The first-order valence-electron chi connectivity index (χ1n) is 10.2. The molecular formula is C22H28N2O5S. The second-order valence-corrected chi connectivity index (χ2v) is 9.12. The van der Waals surface area contributed by atoms with Gasteiger partial charge in [0, 0.05) is 18.8 Å². The molecule has 0 aliphatic carbocycles. The third kappa shape index (κ3) is 5.52. The van der Waals surface area contributed by atoms with Crippen LogP contribution in [0.5, 0.6) is 11.5 Å². The van der Waals surface area contributed by atoms with Crippen LogP contribution in [0.25, 0.3) is 0 Å². The number of hydrogen-bond acceptors (Lipinski definition) is 5. The van der Waals surface area contributed by atoms with Crippen molar-refractivity contribution in [1.29, 1.82) is 0 Å². The van der Waals surface area contributed by atoms with E-state index in [9.17, 15) is 13.2 Å². The number of ether oxygens (including phenoxy) is 2. The Bertz CT molecular complexity index is 985. The maximum absolute atomic E-state index is 13.2. The minimum Gasteiger partial charge on any atom is -0.492 e. The zero-order chi connectivity index (χ0) is 21.6. The SMILES string of the molecule is CCOc1ccc(NC(=O)COc2cccc(C)c2)cc1S(=O)(=O)N1CCCCC1. The second kappa shape index (κ2) is 9.95. The van der Waals surface area contributed by atoms with Crippen LogP contribution in [0.3, 0.4) is 0 Å². The number of nitrogens with zero attached hydrogens (tertiary/aromatic N) is 1. The van der Waals surface area contributed by atoms with Gasteiger partial charge in [-0.1, -0.05) is 18.6 Å². The number of hydrogen-bond donors (Lipinski definition) is 1. The topological polar surface area (TPSA) is 84.9 Å². The quantitative estimate of drug-likeness (QED) is 0.689. The van der Waals surface area contributed by atoms with E-state index in [1.54, 1.807) is 25.1 Å². The Kier molecular flexibility index (Phi) is 7.33. The fourth-order valence-corrected chi connectivity index (χ4v) is 5.03. The van der Waals surface area contributed by atoms with Crippen LogP contribution in [0.2, 0.25) is 0 Å². The van der Waals surface area contributed by atoms with Gasteiger partial charge in [-0.3, -0.25) is 4.79 Å². The van der Waals surface area contributed by atoms with Gasteiger partial charge in [0.05, 0.1) is 6.61 Å². The molecule has 0 unspecified atom stereocenters. The molecule has 0 radical (unpaired) electrons. The number of piperidine rings is 1. The molecule has 3 rings (SSSR count). The van der Waals surface area contributed by atoms with Gasteiger partial charge in [-0.25, -0.2) is 8.42 Å². The molecule has 0 bridgehead atoms. The molecule has 1 heterocycles. The zero-order valence-corrected chi connectivity index (χ0v) is 18.2. The smallest absolute Gasteiger partial charge is 0.262 e. The molecule has 1 aliphatic rings. The Morgan fingerprint density at radius 3 is 2.53 bits per heavy atom. The highest BCUT2D eigenvalue weighted by molar-refractivity contribution is 7.89. The number of amides is 1. The first-order valence-corrected chi connectivity index (χ1v) is 11.6. The minimum absolute atomic E-state index is 0.0728. The number of sulfonamides is 1. The molecular weight excluding hydrogens is 404 g/mol. The van der Waals surface area contributed by atoms with Crippen molar-refractivity contribution in [3.05, 3.63) is 48.0 Å². The largest absolute Gasteiger partial charge is 0.492 e. The highest BCUT2D eigenvalue weighted by Gasteiger charge is 2.29. The van der Waals surface area contributed by atoms with Gasteiger partial charge in [-0.05, 0) is 62.6 Å². The van der Waals surface area contributed by atoms with Gasteiger partial charge in [-0.2, -0.15) is 4.31 Å². The molecule has 30 heavy (non-hydrogen) atoms. The Labute approximate surface area is 178 Å². The summed E-state index contributed by atoms with van der Waals surface area (Å²) in [4.78, 5) is 12.4. The van der Waals surface area contributed by atoms with Crippen LogP contribution in [-0.4, -0.2) is 44.9 Å². The number of aryl methyl sites for hydroxylation is 1. The van der Waals surface area contributed by atoms with Crippen LogP contribution in [0.15, 0.2) is 47.4 Å². The van der Waals surface area contributed by atoms with E-state index in [0.717, 1.165) is 24.8 Å². The molecule has 0 spiro atoms.